The smallest absolute Gasteiger partial charge is 0.341 e. The molecule has 0 amide bonds. The van der Waals surface area contributed by atoms with Crippen LogP contribution < -0.4 is 5.32 Å². The van der Waals surface area contributed by atoms with Gasteiger partial charge in [-0.25, -0.2) is 16.8 Å². The Morgan fingerprint density at radius 3 is 2.00 bits per heavy atom. The number of hydrogen-bond donors (Lipinski definition) is 1. The first kappa shape index (κ1) is 16.8. The van der Waals surface area contributed by atoms with Crippen molar-refractivity contribution in [1.82, 2.24) is 0 Å². The molecule has 0 saturated carbocycles. The second kappa shape index (κ2) is 6.04. The molecule has 1 aromatic rings. The van der Waals surface area contributed by atoms with Crippen LogP contribution in [-0.2, 0) is 19.7 Å². The van der Waals surface area contributed by atoms with Gasteiger partial charge in [0.15, 0.2) is 0 Å². The van der Waals surface area contributed by atoms with Gasteiger partial charge in [-0.1, -0.05) is 0 Å². The Balaban J connectivity index is 2.83. The van der Waals surface area contributed by atoms with Crippen molar-refractivity contribution in [2.45, 2.75) is 23.6 Å². The zero-order chi connectivity index (χ0) is 15.6. The third kappa shape index (κ3) is 4.71. The summed E-state index contributed by atoms with van der Waals surface area (Å²) >= 11 is 0. The van der Waals surface area contributed by atoms with Crippen molar-refractivity contribution < 1.29 is 25.6 Å². The Kier molecular flexibility index (Phi) is 5.09. The van der Waals surface area contributed by atoms with Crippen LogP contribution in [0.25, 0.3) is 0 Å². The molecule has 0 radical (unpaired) electrons. The van der Waals surface area contributed by atoms with Crippen LogP contribution in [0.15, 0.2) is 29.2 Å². The molecule has 0 aliphatic rings. The fraction of sp³-hybridized carbons (Fsp3) is 0.455. The topological polar surface area (TPSA) is 80.3 Å². The van der Waals surface area contributed by atoms with Crippen molar-refractivity contribution in [3.05, 3.63) is 24.3 Å². The molecule has 1 N–H and O–H groups in total. The second-order valence-electron chi connectivity index (χ2n) is 4.47. The summed E-state index contributed by atoms with van der Waals surface area (Å²) in [4.78, 5) is -0.478. The van der Waals surface area contributed by atoms with Crippen molar-refractivity contribution in [3.63, 3.8) is 0 Å². The summed E-state index contributed by atoms with van der Waals surface area (Å²) in [5, 5.41) is 2.84. The molecule has 0 aliphatic heterocycles. The van der Waals surface area contributed by atoms with Crippen molar-refractivity contribution >= 4 is 25.4 Å². The van der Waals surface area contributed by atoms with E-state index in [-0.39, 0.29) is 11.8 Å². The van der Waals surface area contributed by atoms with E-state index in [4.69, 9.17) is 0 Å². The van der Waals surface area contributed by atoms with Crippen LogP contribution in [0.4, 0.5) is 14.5 Å². The lowest BCUT2D eigenvalue weighted by Gasteiger charge is -2.14. The normalized spacial score (nSPS) is 14.2. The molecule has 0 aromatic heterocycles. The van der Waals surface area contributed by atoms with Gasteiger partial charge < -0.3 is 5.32 Å². The minimum Gasteiger partial charge on any atom is -0.382 e. The highest BCUT2D eigenvalue weighted by Crippen LogP contribution is 2.20. The van der Waals surface area contributed by atoms with Crippen LogP contribution >= 0.6 is 0 Å². The summed E-state index contributed by atoms with van der Waals surface area (Å²) in [5.41, 5.74) is 0.453. The molecule has 1 aromatic carbocycles. The summed E-state index contributed by atoms with van der Waals surface area (Å²) in [6.07, 6.45) is 1.10. The van der Waals surface area contributed by atoms with E-state index < -0.39 is 30.3 Å². The van der Waals surface area contributed by atoms with E-state index >= 15 is 0 Å². The maximum Gasteiger partial charge on any atom is 0.341 e. The highest BCUT2D eigenvalue weighted by Gasteiger charge is 2.26. The summed E-state index contributed by atoms with van der Waals surface area (Å²) in [6, 6.07) is 4.35. The van der Waals surface area contributed by atoms with E-state index in [2.05, 4.69) is 5.32 Å². The van der Waals surface area contributed by atoms with Crippen LogP contribution in [0.5, 0.6) is 0 Å². The highest BCUT2D eigenvalue weighted by molar-refractivity contribution is 7.91. The maximum absolute atomic E-state index is 12.3. The van der Waals surface area contributed by atoms with Crippen molar-refractivity contribution in [1.29, 1.82) is 0 Å². The molecule has 0 aliphatic carbocycles. The lowest BCUT2D eigenvalue weighted by molar-refractivity contribution is 0.234. The van der Waals surface area contributed by atoms with E-state index in [1.54, 1.807) is 6.92 Å². The molecule has 5 nitrogen and oxygen atoms in total. The fourth-order valence-electron chi connectivity index (χ4n) is 1.62. The Bertz CT molecular complexity index is 654. The minimum atomic E-state index is -4.61. The van der Waals surface area contributed by atoms with Gasteiger partial charge in [0.05, 0.1) is 10.6 Å². The van der Waals surface area contributed by atoms with Gasteiger partial charge in [0.2, 0.25) is 9.84 Å². The molecule has 1 unspecified atom stereocenters. The number of rotatable bonds is 6. The fourth-order valence-corrected chi connectivity index (χ4v) is 3.34. The minimum absolute atomic E-state index is 0.0932. The summed E-state index contributed by atoms with van der Waals surface area (Å²) in [6.45, 7) is 1.64. The highest BCUT2D eigenvalue weighted by atomic mass is 32.2. The SMILES string of the molecule is CC(CS(C)(=O)=O)Nc1ccc(S(=O)(=O)C(F)F)cc1. The number of alkyl halides is 2. The monoisotopic (exact) mass is 327 g/mol. The number of benzene rings is 1. The van der Waals surface area contributed by atoms with Gasteiger partial charge in [0.1, 0.15) is 9.84 Å². The predicted octanol–water partition coefficient (Wildman–Crippen LogP) is 1.53. The van der Waals surface area contributed by atoms with E-state index in [1.165, 1.54) is 12.1 Å². The van der Waals surface area contributed by atoms with Crippen molar-refractivity contribution in [3.8, 4) is 0 Å². The summed E-state index contributed by atoms with van der Waals surface area (Å²) in [7, 11) is -7.75. The molecule has 114 valence electrons. The Morgan fingerprint density at radius 1 is 1.10 bits per heavy atom. The summed E-state index contributed by atoms with van der Waals surface area (Å²) < 4.78 is 69.2. The van der Waals surface area contributed by atoms with E-state index in [0.29, 0.717) is 5.69 Å². The molecule has 1 rings (SSSR count). The number of hydrogen-bond acceptors (Lipinski definition) is 5. The number of nitrogens with one attached hydrogen (secondary N) is 1. The Morgan fingerprint density at radius 2 is 1.60 bits per heavy atom. The lowest BCUT2D eigenvalue weighted by atomic mass is 10.3. The third-order valence-corrected chi connectivity index (χ3v) is 4.89. The predicted molar refractivity (Wildman–Crippen MR) is 72.4 cm³/mol. The maximum atomic E-state index is 12.3. The number of sulfone groups is 2. The van der Waals surface area contributed by atoms with Crippen LogP contribution in [0.2, 0.25) is 0 Å². The first-order chi connectivity index (χ1) is 9.02. The van der Waals surface area contributed by atoms with Gasteiger partial charge in [-0.05, 0) is 31.2 Å². The van der Waals surface area contributed by atoms with Crippen LogP contribution in [0.1, 0.15) is 6.92 Å². The largest absolute Gasteiger partial charge is 0.382 e. The molecule has 0 heterocycles. The van der Waals surface area contributed by atoms with Crippen molar-refractivity contribution in [2.75, 3.05) is 17.3 Å². The quantitative estimate of drug-likeness (QED) is 0.857. The molecule has 20 heavy (non-hydrogen) atoms. The van der Waals surface area contributed by atoms with Crippen LogP contribution in [0.3, 0.4) is 0 Å². The molecule has 9 heteroatoms. The zero-order valence-corrected chi connectivity index (χ0v) is 12.5. The number of halogens is 2. The third-order valence-electron chi connectivity index (χ3n) is 2.38. The van der Waals surface area contributed by atoms with Gasteiger partial charge in [0, 0.05) is 18.0 Å². The lowest BCUT2D eigenvalue weighted by Crippen LogP contribution is -2.25. The molecule has 0 spiro atoms. The van der Waals surface area contributed by atoms with Gasteiger partial charge in [-0.15, -0.1) is 0 Å². The van der Waals surface area contributed by atoms with Crippen LogP contribution in [0, 0.1) is 0 Å². The first-order valence-electron chi connectivity index (χ1n) is 5.59. The average Bonchev–Trinajstić information content (AvgIpc) is 2.26. The van der Waals surface area contributed by atoms with Crippen molar-refractivity contribution in [2.24, 2.45) is 0 Å². The van der Waals surface area contributed by atoms with E-state index in [1.807, 2.05) is 0 Å². The van der Waals surface area contributed by atoms with E-state index in [0.717, 1.165) is 18.4 Å². The Labute approximate surface area is 116 Å². The molecular formula is C11H15F2NO4S2. The molecule has 0 bridgehead atoms. The molecular weight excluding hydrogens is 312 g/mol. The molecule has 0 fully saturated rings. The first-order valence-corrected chi connectivity index (χ1v) is 9.19. The standard InChI is InChI=1S/C11H15F2NO4S2/c1-8(7-19(2,15)16)14-9-3-5-10(6-4-9)20(17,18)11(12)13/h3-6,8,11,14H,7H2,1-2H3. The number of anilines is 1. The van der Waals surface area contributed by atoms with E-state index in [9.17, 15) is 25.6 Å². The summed E-state index contributed by atoms with van der Waals surface area (Å²) in [5.74, 6) is -3.56. The molecule has 0 saturated heterocycles. The van der Waals surface area contributed by atoms with Gasteiger partial charge >= 0.3 is 5.76 Å². The van der Waals surface area contributed by atoms with Gasteiger partial charge in [-0.3, -0.25) is 0 Å². The molecule has 1 atom stereocenters. The Hall–Kier alpha value is -1.22. The zero-order valence-electron chi connectivity index (χ0n) is 10.9. The average molecular weight is 327 g/mol. The second-order valence-corrected chi connectivity index (χ2v) is 8.57. The van der Waals surface area contributed by atoms with Gasteiger partial charge in [-0.2, -0.15) is 8.78 Å². The van der Waals surface area contributed by atoms with Crippen LogP contribution in [-0.4, -0.2) is 40.6 Å². The van der Waals surface area contributed by atoms with Gasteiger partial charge in [0.25, 0.3) is 0 Å².